The highest BCUT2D eigenvalue weighted by Crippen LogP contribution is 2.26. The minimum absolute atomic E-state index is 0.0348. The van der Waals surface area contributed by atoms with Crippen LogP contribution in [0.5, 0.6) is 11.5 Å². The average Bonchev–Trinajstić information content (AvgIpc) is 2.75. The van der Waals surface area contributed by atoms with E-state index in [1.165, 1.54) is 19.2 Å². The summed E-state index contributed by atoms with van der Waals surface area (Å²) in [4.78, 5) is 24.8. The second-order valence-corrected chi connectivity index (χ2v) is 6.57. The molecule has 0 N–H and O–H groups in total. The van der Waals surface area contributed by atoms with Gasteiger partial charge in [0.15, 0.2) is 6.61 Å². The average molecular weight is 396 g/mol. The maximum Gasteiger partial charge on any atom is 0.313 e. The van der Waals surface area contributed by atoms with Gasteiger partial charge in [0.05, 0.1) is 25.7 Å². The molecule has 0 amide bonds. The fourth-order valence-electron chi connectivity index (χ4n) is 3.01. The van der Waals surface area contributed by atoms with Crippen molar-refractivity contribution in [1.82, 2.24) is 0 Å². The van der Waals surface area contributed by atoms with Crippen LogP contribution in [-0.4, -0.2) is 32.6 Å². The third-order valence-corrected chi connectivity index (χ3v) is 4.73. The van der Waals surface area contributed by atoms with E-state index in [2.05, 4.69) is 0 Å². The number of hydrogen-bond acceptors (Lipinski definition) is 5. The topological polar surface area (TPSA) is 61.8 Å². The van der Waals surface area contributed by atoms with Gasteiger partial charge in [0.1, 0.15) is 17.3 Å². The highest BCUT2D eigenvalue weighted by Gasteiger charge is 2.20. The van der Waals surface area contributed by atoms with Crippen molar-refractivity contribution in [1.29, 1.82) is 0 Å². The third kappa shape index (κ3) is 4.54. The van der Waals surface area contributed by atoms with Gasteiger partial charge in [-0.2, -0.15) is 0 Å². The minimum Gasteiger partial charge on any atom is -0.497 e. The molecule has 150 valence electrons. The van der Waals surface area contributed by atoms with Crippen molar-refractivity contribution in [2.75, 3.05) is 20.8 Å². The molecule has 0 heterocycles. The fraction of sp³-hybridized carbons (Fsp3) is 0.217. The van der Waals surface area contributed by atoms with Crippen molar-refractivity contribution in [2.24, 2.45) is 0 Å². The molecule has 1 atom stereocenters. The molecule has 0 fully saturated rings. The molecule has 6 heteroatoms. The van der Waals surface area contributed by atoms with Crippen molar-refractivity contribution in [3.63, 3.8) is 0 Å². The third-order valence-electron chi connectivity index (χ3n) is 4.73. The minimum atomic E-state index is -0.568. The number of hydrogen-bond donors (Lipinski definition) is 0. The maximum atomic E-state index is 13.4. The zero-order valence-electron chi connectivity index (χ0n) is 16.4. The first-order valence-corrected chi connectivity index (χ1v) is 9.04. The zero-order valence-corrected chi connectivity index (χ0v) is 16.4. The van der Waals surface area contributed by atoms with Crippen LogP contribution in [0.15, 0.2) is 54.6 Å². The molecule has 0 spiro atoms. The molecule has 0 saturated heterocycles. The van der Waals surface area contributed by atoms with Gasteiger partial charge in [-0.15, -0.1) is 0 Å². The predicted molar refractivity (Wildman–Crippen MR) is 107 cm³/mol. The van der Waals surface area contributed by atoms with E-state index in [9.17, 15) is 14.0 Å². The first kappa shape index (κ1) is 20.3. The van der Waals surface area contributed by atoms with Crippen LogP contribution in [-0.2, 0) is 9.53 Å². The van der Waals surface area contributed by atoms with E-state index < -0.39 is 30.1 Å². The van der Waals surface area contributed by atoms with Crippen LogP contribution >= 0.6 is 0 Å². The second kappa shape index (κ2) is 8.73. The van der Waals surface area contributed by atoms with Gasteiger partial charge in [-0.1, -0.05) is 24.3 Å². The number of fused-ring (bicyclic) bond motifs is 1. The van der Waals surface area contributed by atoms with Crippen LogP contribution < -0.4 is 9.47 Å². The lowest BCUT2D eigenvalue weighted by Crippen LogP contribution is -2.19. The molecule has 29 heavy (non-hydrogen) atoms. The summed E-state index contributed by atoms with van der Waals surface area (Å²) in [6.07, 6.45) is 0. The van der Waals surface area contributed by atoms with Gasteiger partial charge in [0, 0.05) is 0 Å². The molecule has 0 bridgehead atoms. The number of benzene rings is 3. The monoisotopic (exact) mass is 396 g/mol. The van der Waals surface area contributed by atoms with Gasteiger partial charge < -0.3 is 14.2 Å². The largest absolute Gasteiger partial charge is 0.497 e. The number of rotatable bonds is 7. The van der Waals surface area contributed by atoms with Crippen molar-refractivity contribution in [3.8, 4) is 11.5 Å². The molecule has 0 aliphatic carbocycles. The number of halogens is 1. The Bertz CT molecular complexity index is 1060. The molecule has 0 radical (unpaired) electrons. The summed E-state index contributed by atoms with van der Waals surface area (Å²) < 4.78 is 28.9. The summed E-state index contributed by atoms with van der Waals surface area (Å²) in [7, 11) is 2.99. The number of Topliss-reactive ketones (excluding diaryl/α,β-unsaturated/α-hetero) is 1. The van der Waals surface area contributed by atoms with Gasteiger partial charge >= 0.3 is 5.97 Å². The van der Waals surface area contributed by atoms with Crippen LogP contribution in [0.2, 0.25) is 0 Å². The van der Waals surface area contributed by atoms with Gasteiger partial charge in [-0.3, -0.25) is 9.59 Å². The molecule has 0 saturated carbocycles. The number of ether oxygens (including phenoxy) is 3. The van der Waals surface area contributed by atoms with Gasteiger partial charge in [0.2, 0.25) is 5.78 Å². The summed E-state index contributed by atoms with van der Waals surface area (Å²) in [6.45, 7) is 1.22. The molecule has 0 aliphatic rings. The Hall–Kier alpha value is -3.41. The number of carbonyl (C=O) groups is 2. The van der Waals surface area contributed by atoms with E-state index in [-0.39, 0.29) is 11.3 Å². The first-order chi connectivity index (χ1) is 13.9. The van der Waals surface area contributed by atoms with Gasteiger partial charge in [-0.25, -0.2) is 4.39 Å². The number of ketones is 1. The van der Waals surface area contributed by atoms with Crippen LogP contribution in [0.25, 0.3) is 10.8 Å². The molecule has 3 rings (SSSR count). The Morgan fingerprint density at radius 2 is 1.66 bits per heavy atom. The molecule has 0 unspecified atom stereocenters. The Balaban J connectivity index is 1.70. The SMILES string of the molecule is COc1ccc2cc([C@H](C)C(=O)OCC(=O)c3cc(F)ccc3OC)ccc2c1. The highest BCUT2D eigenvalue weighted by atomic mass is 19.1. The second-order valence-electron chi connectivity index (χ2n) is 6.57. The molecule has 5 nitrogen and oxygen atoms in total. The van der Waals surface area contributed by atoms with Crippen molar-refractivity contribution < 1.29 is 28.2 Å². The Labute approximate surface area is 168 Å². The van der Waals surface area contributed by atoms with E-state index in [1.54, 1.807) is 14.0 Å². The Kier molecular flexibility index (Phi) is 6.12. The van der Waals surface area contributed by atoms with Crippen LogP contribution in [0.1, 0.15) is 28.8 Å². The lowest BCUT2D eigenvalue weighted by atomic mass is 9.98. The van der Waals surface area contributed by atoms with Crippen LogP contribution in [0.3, 0.4) is 0 Å². The van der Waals surface area contributed by atoms with Gasteiger partial charge in [0.25, 0.3) is 0 Å². The summed E-state index contributed by atoms with van der Waals surface area (Å²) in [5.74, 6) is -1.23. The van der Waals surface area contributed by atoms with E-state index in [4.69, 9.17) is 14.2 Å². The number of methoxy groups -OCH3 is 2. The number of esters is 1. The van der Waals surface area contributed by atoms with E-state index >= 15 is 0 Å². The Morgan fingerprint density at radius 1 is 0.931 bits per heavy atom. The molecule has 0 aliphatic heterocycles. The zero-order chi connectivity index (χ0) is 21.0. The molecular formula is C23H21FO5. The molecule has 3 aromatic carbocycles. The Morgan fingerprint density at radius 3 is 2.38 bits per heavy atom. The number of carbonyl (C=O) groups excluding carboxylic acids is 2. The van der Waals surface area contributed by atoms with Gasteiger partial charge in [-0.05, 0) is 53.6 Å². The summed E-state index contributed by atoms with van der Waals surface area (Å²) in [6, 6.07) is 14.9. The predicted octanol–water partition coefficient (Wildman–Crippen LogP) is 4.53. The lowest BCUT2D eigenvalue weighted by Gasteiger charge is -2.13. The quantitative estimate of drug-likeness (QED) is 0.434. The van der Waals surface area contributed by atoms with Crippen molar-refractivity contribution >= 4 is 22.5 Å². The summed E-state index contributed by atoms with van der Waals surface area (Å²) >= 11 is 0. The molecule has 0 aromatic heterocycles. The van der Waals surface area contributed by atoms with E-state index in [0.717, 1.165) is 28.2 Å². The van der Waals surface area contributed by atoms with E-state index in [0.29, 0.717) is 0 Å². The normalized spacial score (nSPS) is 11.7. The summed E-state index contributed by atoms with van der Waals surface area (Å²) in [5, 5.41) is 1.95. The molecular weight excluding hydrogens is 375 g/mol. The summed E-state index contributed by atoms with van der Waals surface area (Å²) in [5.41, 5.74) is 0.802. The lowest BCUT2D eigenvalue weighted by molar-refractivity contribution is -0.143. The fourth-order valence-corrected chi connectivity index (χ4v) is 3.01. The van der Waals surface area contributed by atoms with E-state index in [1.807, 2.05) is 36.4 Å². The first-order valence-electron chi connectivity index (χ1n) is 9.04. The van der Waals surface area contributed by atoms with Crippen LogP contribution in [0, 0.1) is 5.82 Å². The highest BCUT2D eigenvalue weighted by molar-refractivity contribution is 6.00. The van der Waals surface area contributed by atoms with Crippen molar-refractivity contribution in [3.05, 3.63) is 71.5 Å². The van der Waals surface area contributed by atoms with Crippen molar-refractivity contribution in [2.45, 2.75) is 12.8 Å². The molecule has 3 aromatic rings. The maximum absolute atomic E-state index is 13.4. The standard InChI is InChI=1S/C23H21FO5/c1-14(15-4-5-17-11-19(27-2)8-6-16(17)10-15)23(26)29-13-21(25)20-12-18(24)7-9-22(20)28-3/h4-12,14H,13H2,1-3H3/t14-/m0/s1. The smallest absolute Gasteiger partial charge is 0.313 e. The van der Waals surface area contributed by atoms with Crippen LogP contribution in [0.4, 0.5) is 4.39 Å².